The van der Waals surface area contributed by atoms with Crippen molar-refractivity contribution in [1.82, 2.24) is 5.32 Å². The molecule has 5 nitrogen and oxygen atoms in total. The monoisotopic (exact) mass is 262 g/mol. The Labute approximate surface area is 112 Å². The van der Waals surface area contributed by atoms with Gasteiger partial charge in [0.15, 0.2) is 0 Å². The van der Waals surface area contributed by atoms with Gasteiger partial charge in [0.25, 0.3) is 0 Å². The molecule has 0 bridgehead atoms. The zero-order valence-corrected chi connectivity index (χ0v) is 11.1. The molecular weight excluding hydrogens is 244 g/mol. The summed E-state index contributed by atoms with van der Waals surface area (Å²) in [5, 5.41) is 14.5. The topological polar surface area (TPSA) is 78.4 Å². The summed E-state index contributed by atoms with van der Waals surface area (Å²) in [5.74, 6) is -1.05. The van der Waals surface area contributed by atoms with E-state index in [0.29, 0.717) is 12.2 Å². The normalized spacial score (nSPS) is 15.7. The Morgan fingerprint density at radius 1 is 1.37 bits per heavy atom. The number of aryl methyl sites for hydroxylation is 1. The molecule has 19 heavy (non-hydrogen) atoms. The highest BCUT2D eigenvalue weighted by molar-refractivity contribution is 6.00. The first-order valence-electron chi connectivity index (χ1n) is 6.29. The molecule has 1 aromatic carbocycles. The van der Waals surface area contributed by atoms with Gasteiger partial charge >= 0.3 is 12.0 Å². The van der Waals surface area contributed by atoms with Crippen LogP contribution < -0.4 is 10.6 Å². The van der Waals surface area contributed by atoms with Crippen molar-refractivity contribution in [2.75, 3.05) is 11.9 Å². The second kappa shape index (κ2) is 4.91. The van der Waals surface area contributed by atoms with E-state index in [-0.39, 0.29) is 17.0 Å². The second-order valence-corrected chi connectivity index (χ2v) is 5.42. The van der Waals surface area contributed by atoms with Gasteiger partial charge in [-0.25, -0.2) is 9.59 Å². The Morgan fingerprint density at radius 3 is 2.63 bits per heavy atom. The number of anilines is 1. The molecule has 1 aliphatic carbocycles. The highest BCUT2D eigenvalue weighted by Crippen LogP contribution is 2.44. The molecule has 2 amide bonds. The third-order valence-corrected chi connectivity index (χ3v) is 3.52. The van der Waals surface area contributed by atoms with Crippen LogP contribution in [0.3, 0.4) is 0 Å². The van der Waals surface area contributed by atoms with Crippen LogP contribution in [0.5, 0.6) is 0 Å². The molecule has 0 heterocycles. The maximum absolute atomic E-state index is 11.8. The molecular formula is C14H18N2O3. The maximum Gasteiger partial charge on any atom is 0.337 e. The van der Waals surface area contributed by atoms with Crippen molar-refractivity contribution in [2.45, 2.75) is 26.7 Å². The summed E-state index contributed by atoms with van der Waals surface area (Å²) in [4.78, 5) is 22.9. The van der Waals surface area contributed by atoms with Gasteiger partial charge < -0.3 is 15.7 Å². The summed E-state index contributed by atoms with van der Waals surface area (Å²) in [5.41, 5.74) is 1.41. The average molecular weight is 262 g/mol. The van der Waals surface area contributed by atoms with Gasteiger partial charge in [0.2, 0.25) is 0 Å². The number of carbonyl (C=O) groups excluding carboxylic acids is 1. The fourth-order valence-electron chi connectivity index (χ4n) is 1.85. The summed E-state index contributed by atoms with van der Waals surface area (Å²) in [6, 6.07) is 4.55. The summed E-state index contributed by atoms with van der Waals surface area (Å²) in [7, 11) is 0. The van der Waals surface area contributed by atoms with Crippen molar-refractivity contribution in [3.8, 4) is 0 Å². The Kier molecular flexibility index (Phi) is 3.46. The minimum atomic E-state index is -1.05. The number of para-hydroxylation sites is 1. The molecule has 2 rings (SSSR count). The maximum atomic E-state index is 11.8. The van der Waals surface area contributed by atoms with Crippen LogP contribution >= 0.6 is 0 Å². The number of hydrogen-bond donors (Lipinski definition) is 3. The number of urea groups is 1. The van der Waals surface area contributed by atoms with Crippen molar-refractivity contribution in [1.29, 1.82) is 0 Å². The van der Waals surface area contributed by atoms with Gasteiger partial charge in [0.1, 0.15) is 0 Å². The molecule has 3 N–H and O–H groups in total. The molecule has 1 fully saturated rings. The van der Waals surface area contributed by atoms with Crippen molar-refractivity contribution >= 4 is 17.7 Å². The number of rotatable bonds is 4. The lowest BCUT2D eigenvalue weighted by Crippen LogP contribution is -2.33. The third-order valence-electron chi connectivity index (χ3n) is 3.52. The number of hydrogen-bond acceptors (Lipinski definition) is 2. The van der Waals surface area contributed by atoms with E-state index in [9.17, 15) is 9.59 Å². The van der Waals surface area contributed by atoms with Crippen LogP contribution in [0, 0.1) is 12.3 Å². The Morgan fingerprint density at radius 2 is 2.05 bits per heavy atom. The highest BCUT2D eigenvalue weighted by Gasteiger charge is 2.37. The van der Waals surface area contributed by atoms with E-state index in [1.807, 2.05) is 0 Å². The number of carboxylic acid groups (broad SMARTS) is 1. The first kappa shape index (κ1) is 13.4. The molecule has 0 aliphatic heterocycles. The molecule has 0 spiro atoms. The van der Waals surface area contributed by atoms with Gasteiger partial charge in [0, 0.05) is 6.54 Å². The van der Waals surface area contributed by atoms with Gasteiger partial charge in [-0.2, -0.15) is 0 Å². The van der Waals surface area contributed by atoms with Gasteiger partial charge in [-0.15, -0.1) is 0 Å². The number of benzene rings is 1. The Balaban J connectivity index is 2.05. The SMILES string of the molecule is Cc1cccc(C(=O)O)c1NC(=O)NCC1(C)CC1. The number of carbonyl (C=O) groups is 2. The number of nitrogens with one attached hydrogen (secondary N) is 2. The summed E-state index contributed by atoms with van der Waals surface area (Å²) < 4.78 is 0. The molecule has 1 saturated carbocycles. The predicted octanol–water partition coefficient (Wildman–Crippen LogP) is 2.61. The second-order valence-electron chi connectivity index (χ2n) is 5.42. The van der Waals surface area contributed by atoms with E-state index >= 15 is 0 Å². The smallest absolute Gasteiger partial charge is 0.337 e. The third kappa shape index (κ3) is 3.24. The lowest BCUT2D eigenvalue weighted by Gasteiger charge is -2.14. The molecule has 0 saturated heterocycles. The molecule has 0 atom stereocenters. The molecule has 0 unspecified atom stereocenters. The number of amides is 2. The largest absolute Gasteiger partial charge is 0.478 e. The van der Waals surface area contributed by atoms with Crippen LogP contribution in [0.2, 0.25) is 0 Å². The quantitative estimate of drug-likeness (QED) is 0.780. The summed E-state index contributed by atoms with van der Waals surface area (Å²) in [6.07, 6.45) is 2.25. The average Bonchev–Trinajstić information content (AvgIpc) is 3.08. The zero-order chi connectivity index (χ0) is 14.0. The molecule has 1 aliphatic rings. The fourth-order valence-corrected chi connectivity index (χ4v) is 1.85. The summed E-state index contributed by atoms with van der Waals surface area (Å²) in [6.45, 7) is 4.50. The predicted molar refractivity (Wildman–Crippen MR) is 72.5 cm³/mol. The molecule has 0 aromatic heterocycles. The van der Waals surface area contributed by atoms with E-state index in [2.05, 4.69) is 17.6 Å². The van der Waals surface area contributed by atoms with E-state index in [4.69, 9.17) is 5.11 Å². The Hall–Kier alpha value is -2.04. The van der Waals surface area contributed by atoms with Gasteiger partial charge in [0.05, 0.1) is 11.3 Å². The zero-order valence-electron chi connectivity index (χ0n) is 11.1. The van der Waals surface area contributed by atoms with Crippen LogP contribution in [-0.4, -0.2) is 23.7 Å². The van der Waals surface area contributed by atoms with Crippen LogP contribution in [0.1, 0.15) is 35.7 Å². The van der Waals surface area contributed by atoms with Gasteiger partial charge in [-0.3, -0.25) is 0 Å². The first-order valence-corrected chi connectivity index (χ1v) is 6.29. The van der Waals surface area contributed by atoms with E-state index in [1.54, 1.807) is 19.1 Å². The number of carboxylic acids is 1. The van der Waals surface area contributed by atoms with Gasteiger partial charge in [-0.05, 0) is 36.8 Å². The fraction of sp³-hybridized carbons (Fsp3) is 0.429. The van der Waals surface area contributed by atoms with Crippen LogP contribution in [0.4, 0.5) is 10.5 Å². The minimum Gasteiger partial charge on any atom is -0.478 e. The first-order chi connectivity index (χ1) is 8.91. The van der Waals surface area contributed by atoms with Gasteiger partial charge in [-0.1, -0.05) is 19.1 Å². The lowest BCUT2D eigenvalue weighted by atomic mass is 10.1. The standard InChI is InChI=1S/C14H18N2O3/c1-9-4-3-5-10(12(17)18)11(9)16-13(19)15-8-14(2)6-7-14/h3-5H,6-8H2,1-2H3,(H,17,18)(H2,15,16,19). The van der Waals surface area contributed by atoms with Crippen molar-refractivity contribution in [2.24, 2.45) is 5.41 Å². The van der Waals surface area contributed by atoms with E-state index in [1.165, 1.54) is 6.07 Å². The van der Waals surface area contributed by atoms with Crippen molar-refractivity contribution in [3.63, 3.8) is 0 Å². The van der Waals surface area contributed by atoms with E-state index in [0.717, 1.165) is 18.4 Å². The van der Waals surface area contributed by atoms with Crippen LogP contribution in [0.25, 0.3) is 0 Å². The van der Waals surface area contributed by atoms with Crippen molar-refractivity contribution in [3.05, 3.63) is 29.3 Å². The van der Waals surface area contributed by atoms with Crippen LogP contribution in [0.15, 0.2) is 18.2 Å². The number of aromatic carboxylic acids is 1. The molecule has 1 aromatic rings. The van der Waals surface area contributed by atoms with Crippen molar-refractivity contribution < 1.29 is 14.7 Å². The van der Waals surface area contributed by atoms with E-state index < -0.39 is 5.97 Å². The lowest BCUT2D eigenvalue weighted by molar-refractivity contribution is 0.0698. The highest BCUT2D eigenvalue weighted by atomic mass is 16.4. The summed E-state index contributed by atoms with van der Waals surface area (Å²) >= 11 is 0. The Bertz CT molecular complexity index is 521. The molecule has 0 radical (unpaired) electrons. The minimum absolute atomic E-state index is 0.104. The molecule has 5 heteroatoms. The van der Waals surface area contributed by atoms with Crippen LogP contribution in [-0.2, 0) is 0 Å². The molecule has 102 valence electrons.